The van der Waals surface area contributed by atoms with Crippen LogP contribution >= 0.6 is 11.6 Å². The number of benzene rings is 1. The summed E-state index contributed by atoms with van der Waals surface area (Å²) in [5, 5.41) is 12.2. The molecule has 1 aromatic heterocycles. The van der Waals surface area contributed by atoms with Crippen LogP contribution in [0.3, 0.4) is 0 Å². The van der Waals surface area contributed by atoms with E-state index in [9.17, 15) is 0 Å². The number of halogens is 1. The quantitative estimate of drug-likeness (QED) is 0.391. The molecule has 6 heteroatoms. The van der Waals surface area contributed by atoms with Gasteiger partial charge in [-0.15, -0.1) is 0 Å². The summed E-state index contributed by atoms with van der Waals surface area (Å²) in [6.45, 7) is 1.88. The SMILES string of the molecule is Cc1cc(Oc2cc(/C(N)=N/O)ccn2)ccc1Cl. The molecule has 0 saturated heterocycles. The predicted molar refractivity (Wildman–Crippen MR) is 73.0 cm³/mol. The van der Waals surface area contributed by atoms with Crippen LogP contribution < -0.4 is 10.5 Å². The Labute approximate surface area is 115 Å². The summed E-state index contributed by atoms with van der Waals surface area (Å²) in [4.78, 5) is 4.06. The number of hydrogen-bond acceptors (Lipinski definition) is 4. The lowest BCUT2D eigenvalue weighted by atomic mass is 10.2. The lowest BCUT2D eigenvalue weighted by molar-refractivity contribution is 0.318. The minimum atomic E-state index is -0.000429. The minimum Gasteiger partial charge on any atom is -0.439 e. The number of hydrogen-bond donors (Lipinski definition) is 2. The molecule has 3 N–H and O–H groups in total. The molecule has 98 valence electrons. The molecule has 0 fully saturated rings. The maximum absolute atomic E-state index is 8.62. The highest BCUT2D eigenvalue weighted by Crippen LogP contribution is 2.25. The summed E-state index contributed by atoms with van der Waals surface area (Å²) >= 11 is 5.94. The van der Waals surface area contributed by atoms with Crippen LogP contribution in [0.25, 0.3) is 0 Å². The fourth-order valence-corrected chi connectivity index (χ4v) is 1.60. The summed E-state index contributed by atoms with van der Waals surface area (Å²) in [5.41, 5.74) is 6.93. The number of nitrogens with two attached hydrogens (primary N) is 1. The number of oxime groups is 1. The number of rotatable bonds is 3. The van der Waals surface area contributed by atoms with Crippen LogP contribution in [0.4, 0.5) is 0 Å². The molecule has 0 saturated carbocycles. The molecule has 0 radical (unpaired) electrons. The second kappa shape index (κ2) is 5.58. The zero-order valence-electron chi connectivity index (χ0n) is 10.2. The van der Waals surface area contributed by atoms with Gasteiger partial charge in [0.05, 0.1) is 0 Å². The molecule has 0 atom stereocenters. The number of nitrogens with zero attached hydrogens (tertiary/aromatic N) is 2. The molecular weight excluding hydrogens is 266 g/mol. The van der Waals surface area contributed by atoms with Gasteiger partial charge in [0.1, 0.15) is 5.75 Å². The summed E-state index contributed by atoms with van der Waals surface area (Å²) < 4.78 is 5.59. The summed E-state index contributed by atoms with van der Waals surface area (Å²) in [6, 6.07) is 8.50. The van der Waals surface area contributed by atoms with Crippen molar-refractivity contribution in [3.05, 3.63) is 52.7 Å². The third kappa shape index (κ3) is 3.14. The van der Waals surface area contributed by atoms with Gasteiger partial charge in [-0.2, -0.15) is 0 Å². The molecule has 0 aliphatic heterocycles. The second-order valence-electron chi connectivity index (χ2n) is 3.88. The van der Waals surface area contributed by atoms with Crippen molar-refractivity contribution in [2.75, 3.05) is 0 Å². The van der Waals surface area contributed by atoms with Crippen LogP contribution in [0.2, 0.25) is 5.02 Å². The van der Waals surface area contributed by atoms with Gasteiger partial charge >= 0.3 is 0 Å². The first-order valence-electron chi connectivity index (χ1n) is 5.48. The number of aryl methyl sites for hydroxylation is 1. The molecule has 1 aromatic carbocycles. The van der Waals surface area contributed by atoms with Gasteiger partial charge in [-0.05, 0) is 36.8 Å². The molecule has 2 aromatic rings. The second-order valence-corrected chi connectivity index (χ2v) is 4.29. The maximum atomic E-state index is 8.62. The normalized spacial score (nSPS) is 11.4. The van der Waals surface area contributed by atoms with Crippen LogP contribution in [-0.4, -0.2) is 16.0 Å². The van der Waals surface area contributed by atoms with Crippen LogP contribution in [0, 0.1) is 6.92 Å². The predicted octanol–water partition coefficient (Wildman–Crippen LogP) is 2.93. The van der Waals surface area contributed by atoms with E-state index >= 15 is 0 Å². The highest BCUT2D eigenvalue weighted by Gasteiger charge is 2.05. The van der Waals surface area contributed by atoms with Gasteiger partial charge in [-0.1, -0.05) is 16.8 Å². The number of amidine groups is 1. The van der Waals surface area contributed by atoms with Gasteiger partial charge in [0, 0.05) is 22.8 Å². The highest BCUT2D eigenvalue weighted by molar-refractivity contribution is 6.31. The van der Waals surface area contributed by atoms with Gasteiger partial charge in [-0.25, -0.2) is 4.98 Å². The van der Waals surface area contributed by atoms with Crippen molar-refractivity contribution in [2.45, 2.75) is 6.92 Å². The highest BCUT2D eigenvalue weighted by atomic mass is 35.5. The lowest BCUT2D eigenvalue weighted by Gasteiger charge is -2.07. The molecule has 1 heterocycles. The molecule has 0 aliphatic rings. The Morgan fingerprint density at radius 3 is 2.84 bits per heavy atom. The third-order valence-electron chi connectivity index (χ3n) is 2.49. The van der Waals surface area contributed by atoms with Crippen LogP contribution in [0.1, 0.15) is 11.1 Å². The van der Waals surface area contributed by atoms with E-state index in [-0.39, 0.29) is 5.84 Å². The Bertz CT molecular complexity index is 629. The van der Waals surface area contributed by atoms with Crippen LogP contribution in [-0.2, 0) is 0 Å². The van der Waals surface area contributed by atoms with E-state index in [1.54, 1.807) is 30.3 Å². The van der Waals surface area contributed by atoms with E-state index in [1.165, 1.54) is 6.20 Å². The van der Waals surface area contributed by atoms with Gasteiger partial charge in [0.2, 0.25) is 5.88 Å². The standard InChI is InChI=1S/C13H12ClN3O2/c1-8-6-10(2-3-11(8)14)19-12-7-9(4-5-16-12)13(15)17-18/h2-7,18H,1H3,(H2,15,17). The molecule has 0 bridgehead atoms. The molecule has 0 unspecified atom stereocenters. The summed E-state index contributed by atoms with van der Waals surface area (Å²) in [7, 11) is 0. The summed E-state index contributed by atoms with van der Waals surface area (Å²) in [6.07, 6.45) is 1.52. The van der Waals surface area contributed by atoms with Crippen molar-refractivity contribution < 1.29 is 9.94 Å². The third-order valence-corrected chi connectivity index (χ3v) is 2.91. The smallest absolute Gasteiger partial charge is 0.219 e. The Balaban J connectivity index is 2.26. The molecule has 5 nitrogen and oxygen atoms in total. The zero-order chi connectivity index (χ0) is 13.8. The van der Waals surface area contributed by atoms with E-state index in [2.05, 4.69) is 10.1 Å². The lowest BCUT2D eigenvalue weighted by Crippen LogP contribution is -2.13. The fourth-order valence-electron chi connectivity index (χ4n) is 1.48. The Morgan fingerprint density at radius 1 is 1.37 bits per heavy atom. The molecular formula is C13H12ClN3O2. The van der Waals surface area contributed by atoms with Crippen LogP contribution in [0.5, 0.6) is 11.6 Å². The molecule has 19 heavy (non-hydrogen) atoms. The van der Waals surface area contributed by atoms with Gasteiger partial charge in [-0.3, -0.25) is 0 Å². The van der Waals surface area contributed by atoms with Gasteiger partial charge in [0.15, 0.2) is 5.84 Å². The van der Waals surface area contributed by atoms with Crippen molar-refractivity contribution in [3.63, 3.8) is 0 Å². The Morgan fingerprint density at radius 2 is 2.16 bits per heavy atom. The fraction of sp³-hybridized carbons (Fsp3) is 0.0769. The average molecular weight is 278 g/mol. The number of ether oxygens (including phenoxy) is 1. The van der Waals surface area contributed by atoms with Crippen molar-refractivity contribution in [1.82, 2.24) is 4.98 Å². The minimum absolute atomic E-state index is 0.000429. The van der Waals surface area contributed by atoms with Crippen molar-refractivity contribution in [1.29, 1.82) is 0 Å². The van der Waals surface area contributed by atoms with E-state index < -0.39 is 0 Å². The molecule has 2 rings (SSSR count). The van der Waals surface area contributed by atoms with E-state index in [1.807, 2.05) is 6.92 Å². The van der Waals surface area contributed by atoms with Crippen LogP contribution in [0.15, 0.2) is 41.7 Å². The molecule has 0 aliphatic carbocycles. The topological polar surface area (TPSA) is 80.7 Å². The first-order valence-corrected chi connectivity index (χ1v) is 5.86. The van der Waals surface area contributed by atoms with Gasteiger partial charge in [0.25, 0.3) is 0 Å². The summed E-state index contributed by atoms with van der Waals surface area (Å²) in [5.74, 6) is 0.969. The van der Waals surface area contributed by atoms with Crippen molar-refractivity contribution in [2.24, 2.45) is 10.9 Å². The Kier molecular flexibility index (Phi) is 3.87. The average Bonchev–Trinajstić information content (AvgIpc) is 2.42. The number of pyridine rings is 1. The van der Waals surface area contributed by atoms with Crippen molar-refractivity contribution in [3.8, 4) is 11.6 Å². The largest absolute Gasteiger partial charge is 0.439 e. The van der Waals surface area contributed by atoms with E-state index in [0.717, 1.165) is 5.56 Å². The maximum Gasteiger partial charge on any atom is 0.219 e. The number of aromatic nitrogens is 1. The molecule has 0 amide bonds. The Hall–Kier alpha value is -2.27. The van der Waals surface area contributed by atoms with E-state index in [4.69, 9.17) is 27.3 Å². The van der Waals surface area contributed by atoms with Crippen molar-refractivity contribution >= 4 is 17.4 Å². The zero-order valence-corrected chi connectivity index (χ0v) is 10.9. The first-order chi connectivity index (χ1) is 9.10. The van der Waals surface area contributed by atoms with E-state index in [0.29, 0.717) is 22.2 Å². The van der Waals surface area contributed by atoms with Gasteiger partial charge < -0.3 is 15.7 Å². The molecule has 0 spiro atoms. The monoisotopic (exact) mass is 277 g/mol. The first kappa shape index (κ1) is 13.2.